The van der Waals surface area contributed by atoms with Gasteiger partial charge in [0, 0.05) is 23.9 Å². The molecule has 0 aromatic rings. The van der Waals surface area contributed by atoms with E-state index in [1.54, 1.807) is 0 Å². The molecule has 1 aliphatic rings. The van der Waals surface area contributed by atoms with Crippen LogP contribution in [0.5, 0.6) is 0 Å². The van der Waals surface area contributed by atoms with Crippen molar-refractivity contribution in [3.63, 3.8) is 0 Å². The molecular formula is C10H19ClO3S. The van der Waals surface area contributed by atoms with Crippen LogP contribution in [0.1, 0.15) is 39.5 Å². The van der Waals surface area contributed by atoms with E-state index in [-0.39, 0.29) is 0 Å². The summed E-state index contributed by atoms with van der Waals surface area (Å²) < 4.78 is 27.1. The molecule has 1 rings (SSSR count). The Labute approximate surface area is 96.6 Å². The van der Waals surface area contributed by atoms with Gasteiger partial charge in [0.05, 0.1) is 4.75 Å². The summed E-state index contributed by atoms with van der Waals surface area (Å²) in [4.78, 5) is 0. The Kier molecular flexibility index (Phi) is 4.44. The van der Waals surface area contributed by atoms with Crippen molar-refractivity contribution >= 4 is 19.7 Å². The Hall–Kier alpha value is 0.200. The molecule has 0 saturated heterocycles. The van der Waals surface area contributed by atoms with Crippen LogP contribution in [0.2, 0.25) is 0 Å². The zero-order chi connectivity index (χ0) is 11.5. The number of hydrogen-bond acceptors (Lipinski definition) is 3. The highest BCUT2D eigenvalue weighted by Gasteiger charge is 2.53. The van der Waals surface area contributed by atoms with Crippen LogP contribution in [0, 0.1) is 5.92 Å². The Bertz CT molecular complexity index is 294. The lowest BCUT2D eigenvalue weighted by Crippen LogP contribution is -2.20. The van der Waals surface area contributed by atoms with Crippen molar-refractivity contribution in [1.82, 2.24) is 0 Å². The van der Waals surface area contributed by atoms with Gasteiger partial charge in [-0.05, 0) is 31.6 Å². The van der Waals surface area contributed by atoms with Crippen LogP contribution in [0.3, 0.4) is 0 Å². The van der Waals surface area contributed by atoms with Crippen LogP contribution >= 0.6 is 10.7 Å². The number of hydrogen-bond donors (Lipinski definition) is 0. The summed E-state index contributed by atoms with van der Waals surface area (Å²) in [6.45, 7) is 5.47. The average molecular weight is 255 g/mol. The second-order valence-electron chi connectivity index (χ2n) is 4.67. The third-order valence-electron chi connectivity index (χ3n) is 2.87. The molecule has 0 aromatic heterocycles. The van der Waals surface area contributed by atoms with Crippen molar-refractivity contribution in [1.29, 1.82) is 0 Å². The molecule has 0 atom stereocenters. The molecule has 3 nitrogen and oxygen atoms in total. The minimum absolute atomic E-state index is 0.499. The molecule has 15 heavy (non-hydrogen) atoms. The lowest BCUT2D eigenvalue weighted by Gasteiger charge is -2.11. The molecule has 0 aliphatic heterocycles. The fourth-order valence-electron chi connectivity index (χ4n) is 1.43. The van der Waals surface area contributed by atoms with Crippen LogP contribution in [-0.4, -0.2) is 26.4 Å². The van der Waals surface area contributed by atoms with Crippen molar-refractivity contribution in [3.05, 3.63) is 0 Å². The van der Waals surface area contributed by atoms with Gasteiger partial charge < -0.3 is 4.74 Å². The van der Waals surface area contributed by atoms with E-state index in [1.807, 2.05) is 0 Å². The second-order valence-corrected chi connectivity index (χ2v) is 7.63. The first-order valence-corrected chi connectivity index (χ1v) is 7.70. The predicted octanol–water partition coefficient (Wildman–Crippen LogP) is 2.54. The van der Waals surface area contributed by atoms with Crippen molar-refractivity contribution < 1.29 is 13.2 Å². The maximum atomic E-state index is 11.2. The minimum atomic E-state index is -3.40. The van der Waals surface area contributed by atoms with Crippen LogP contribution in [0.15, 0.2) is 0 Å². The van der Waals surface area contributed by atoms with Gasteiger partial charge in [-0.25, -0.2) is 8.42 Å². The summed E-state index contributed by atoms with van der Waals surface area (Å²) in [6.07, 6.45) is 2.93. The normalized spacial score (nSPS) is 19.5. The van der Waals surface area contributed by atoms with Crippen LogP contribution < -0.4 is 0 Å². The Morgan fingerprint density at radius 2 is 1.93 bits per heavy atom. The topological polar surface area (TPSA) is 43.4 Å². The van der Waals surface area contributed by atoms with Gasteiger partial charge in [0.1, 0.15) is 0 Å². The second kappa shape index (κ2) is 5.02. The van der Waals surface area contributed by atoms with Gasteiger partial charge in [0.2, 0.25) is 9.05 Å². The largest absolute Gasteiger partial charge is 0.381 e. The monoisotopic (exact) mass is 254 g/mol. The first kappa shape index (κ1) is 13.3. The molecule has 1 fully saturated rings. The summed E-state index contributed by atoms with van der Waals surface area (Å²) in [5.41, 5.74) is 0. The Morgan fingerprint density at radius 1 is 1.33 bits per heavy atom. The minimum Gasteiger partial charge on any atom is -0.381 e. The maximum Gasteiger partial charge on any atom is 0.238 e. The number of ether oxygens (including phenoxy) is 1. The number of halogens is 1. The van der Waals surface area contributed by atoms with Gasteiger partial charge >= 0.3 is 0 Å². The summed E-state index contributed by atoms with van der Waals surface area (Å²) in [5, 5.41) is 0. The quantitative estimate of drug-likeness (QED) is 0.518. The molecule has 0 radical (unpaired) electrons. The van der Waals surface area contributed by atoms with Crippen LogP contribution in [-0.2, 0) is 13.8 Å². The molecular weight excluding hydrogens is 236 g/mol. The smallest absolute Gasteiger partial charge is 0.238 e. The van der Waals surface area contributed by atoms with E-state index >= 15 is 0 Å². The standard InChI is InChI=1S/C10H19ClO3S/c1-9(2)3-7-14-8-6-10(4-5-10)15(11,12)13/h9H,3-8H2,1-2H3. The summed E-state index contributed by atoms with van der Waals surface area (Å²) in [7, 11) is 1.96. The predicted molar refractivity (Wildman–Crippen MR) is 61.6 cm³/mol. The van der Waals surface area contributed by atoms with E-state index in [4.69, 9.17) is 15.4 Å². The number of rotatable bonds is 7. The third-order valence-corrected chi connectivity index (χ3v) is 5.50. The Morgan fingerprint density at radius 3 is 2.33 bits per heavy atom. The van der Waals surface area contributed by atoms with E-state index in [9.17, 15) is 8.42 Å². The maximum absolute atomic E-state index is 11.2. The van der Waals surface area contributed by atoms with Gasteiger partial charge in [-0.1, -0.05) is 13.8 Å². The van der Waals surface area contributed by atoms with Crippen molar-refractivity contribution in [2.75, 3.05) is 13.2 Å². The third kappa shape index (κ3) is 3.93. The van der Waals surface area contributed by atoms with E-state index < -0.39 is 13.8 Å². The van der Waals surface area contributed by atoms with E-state index in [2.05, 4.69) is 13.8 Å². The highest BCUT2D eigenvalue weighted by molar-refractivity contribution is 8.15. The molecule has 5 heteroatoms. The zero-order valence-electron chi connectivity index (χ0n) is 9.33. The molecule has 0 N–H and O–H groups in total. The molecule has 0 bridgehead atoms. The first-order valence-electron chi connectivity index (χ1n) is 5.39. The first-order chi connectivity index (χ1) is 6.87. The molecule has 0 aromatic carbocycles. The average Bonchev–Trinajstić information content (AvgIpc) is 2.82. The van der Waals surface area contributed by atoms with Gasteiger partial charge in [-0.15, -0.1) is 0 Å². The van der Waals surface area contributed by atoms with E-state index in [1.165, 1.54) is 0 Å². The van der Waals surface area contributed by atoms with Gasteiger partial charge in [0.15, 0.2) is 0 Å². The lowest BCUT2D eigenvalue weighted by atomic mass is 10.1. The SMILES string of the molecule is CC(C)CCOCCC1(S(=O)(=O)Cl)CC1. The molecule has 90 valence electrons. The molecule has 0 amide bonds. The van der Waals surface area contributed by atoms with E-state index in [0.717, 1.165) is 6.42 Å². The zero-order valence-corrected chi connectivity index (χ0v) is 10.9. The van der Waals surface area contributed by atoms with Gasteiger partial charge in [-0.3, -0.25) is 0 Å². The van der Waals surface area contributed by atoms with Gasteiger partial charge in [0.25, 0.3) is 0 Å². The summed E-state index contributed by atoms with van der Waals surface area (Å²) in [6, 6.07) is 0. The summed E-state index contributed by atoms with van der Waals surface area (Å²) in [5.74, 6) is 0.622. The summed E-state index contributed by atoms with van der Waals surface area (Å²) >= 11 is 0. The molecule has 0 spiro atoms. The van der Waals surface area contributed by atoms with Crippen LogP contribution in [0.25, 0.3) is 0 Å². The van der Waals surface area contributed by atoms with Gasteiger partial charge in [-0.2, -0.15) is 0 Å². The molecule has 1 saturated carbocycles. The fraction of sp³-hybridized carbons (Fsp3) is 1.00. The molecule has 1 aliphatic carbocycles. The fourth-order valence-corrected chi connectivity index (χ4v) is 3.05. The highest BCUT2D eigenvalue weighted by atomic mass is 35.7. The van der Waals surface area contributed by atoms with Crippen molar-refractivity contribution in [2.24, 2.45) is 5.92 Å². The van der Waals surface area contributed by atoms with Crippen LogP contribution in [0.4, 0.5) is 0 Å². The Balaban J connectivity index is 2.16. The molecule has 0 unspecified atom stereocenters. The molecule has 0 heterocycles. The van der Waals surface area contributed by atoms with E-state index in [0.29, 0.717) is 38.4 Å². The van der Waals surface area contributed by atoms with Crippen molar-refractivity contribution in [3.8, 4) is 0 Å². The van der Waals surface area contributed by atoms with Crippen molar-refractivity contribution in [2.45, 2.75) is 44.3 Å². The lowest BCUT2D eigenvalue weighted by molar-refractivity contribution is 0.119. The highest BCUT2D eigenvalue weighted by Crippen LogP contribution is 2.48.